The third-order valence-electron chi connectivity index (χ3n) is 3.39. The first kappa shape index (κ1) is 20.2. The predicted molar refractivity (Wildman–Crippen MR) is 104 cm³/mol. The van der Waals surface area contributed by atoms with Crippen LogP contribution in [0.2, 0.25) is 0 Å². The molecule has 0 spiro atoms. The van der Waals surface area contributed by atoms with Crippen LogP contribution in [0, 0.1) is 5.92 Å². The summed E-state index contributed by atoms with van der Waals surface area (Å²) in [5.41, 5.74) is 4.79. The van der Waals surface area contributed by atoms with Gasteiger partial charge >= 0.3 is 0 Å². The van der Waals surface area contributed by atoms with E-state index in [0.29, 0.717) is 5.92 Å². The van der Waals surface area contributed by atoms with E-state index in [1.165, 1.54) is 16.8 Å². The maximum Gasteiger partial charge on any atom is 0.0361 e. The molecule has 0 unspecified atom stereocenters. The fourth-order valence-electron chi connectivity index (χ4n) is 2.08. The van der Waals surface area contributed by atoms with Crippen LogP contribution in [0.4, 0.5) is 5.69 Å². The summed E-state index contributed by atoms with van der Waals surface area (Å²) >= 11 is 0. The maximum absolute atomic E-state index is 4.22. The van der Waals surface area contributed by atoms with Crippen LogP contribution < -0.4 is 4.90 Å². The first-order valence-corrected chi connectivity index (χ1v) is 8.43. The number of nitrogens with zero attached hydrogens (tertiary/aromatic N) is 1. The molecule has 0 aromatic heterocycles. The van der Waals surface area contributed by atoms with E-state index in [2.05, 4.69) is 75.0 Å². The second-order valence-corrected chi connectivity index (χ2v) is 5.15. The summed E-state index contributed by atoms with van der Waals surface area (Å²) in [6, 6.07) is 8.56. The number of hydrogen-bond acceptors (Lipinski definition) is 1. The Bertz CT molecular complexity index is 489. The molecule has 1 nitrogen and oxygen atoms in total. The summed E-state index contributed by atoms with van der Waals surface area (Å²) in [5.74, 6) is 0.651. The lowest BCUT2D eigenvalue weighted by Crippen LogP contribution is -2.08. The van der Waals surface area contributed by atoms with Gasteiger partial charge in [0.25, 0.3) is 0 Å². The number of anilines is 1. The lowest BCUT2D eigenvalue weighted by molar-refractivity contribution is 0.734. The van der Waals surface area contributed by atoms with E-state index in [1.807, 2.05) is 27.7 Å². The normalized spacial score (nSPS) is 15.6. The van der Waals surface area contributed by atoms with Crippen molar-refractivity contribution < 1.29 is 0 Å². The van der Waals surface area contributed by atoms with E-state index in [1.54, 1.807) is 0 Å². The minimum Gasteiger partial charge on any atom is -0.378 e. The van der Waals surface area contributed by atoms with E-state index in [9.17, 15) is 0 Å². The van der Waals surface area contributed by atoms with E-state index in [4.69, 9.17) is 0 Å². The lowest BCUT2D eigenvalue weighted by atomic mass is 9.91. The maximum atomic E-state index is 4.22. The average Bonchev–Trinajstić information content (AvgIpc) is 2.58. The molecule has 1 aliphatic rings. The molecule has 0 amide bonds. The van der Waals surface area contributed by atoms with Crippen molar-refractivity contribution in [2.24, 2.45) is 5.92 Å². The van der Waals surface area contributed by atoms with Gasteiger partial charge in [-0.3, -0.25) is 0 Å². The van der Waals surface area contributed by atoms with E-state index in [0.717, 1.165) is 12.0 Å². The van der Waals surface area contributed by atoms with Gasteiger partial charge in [0.1, 0.15) is 0 Å². The summed E-state index contributed by atoms with van der Waals surface area (Å²) in [5, 5.41) is 0. The molecule has 1 aliphatic carbocycles. The van der Waals surface area contributed by atoms with Crippen LogP contribution in [-0.4, -0.2) is 14.1 Å². The molecule has 0 bridgehead atoms. The van der Waals surface area contributed by atoms with Crippen LogP contribution in [0.5, 0.6) is 0 Å². The van der Waals surface area contributed by atoms with Crippen LogP contribution in [0.15, 0.2) is 54.6 Å². The number of allylic oxidation sites excluding steroid dienone is 5. The van der Waals surface area contributed by atoms with Gasteiger partial charge < -0.3 is 4.90 Å². The Balaban J connectivity index is 0.00000102. The van der Waals surface area contributed by atoms with E-state index < -0.39 is 0 Å². The smallest absolute Gasteiger partial charge is 0.0361 e. The standard InChI is InChI=1S/C17H21N.2C2H6/c1-13-5-7-15(8-6-13)14(2)16-9-11-17(12-10-16)18(3)4;2*1-2/h5,7-13H,2,6H2,1,3-4H3;2*1-2H3/t13-;;/m0../s1. The molecule has 0 saturated heterocycles. The minimum absolute atomic E-state index is 0.651. The minimum atomic E-state index is 0.651. The summed E-state index contributed by atoms with van der Waals surface area (Å²) in [6.07, 6.45) is 7.85. The highest BCUT2D eigenvalue weighted by atomic mass is 15.1. The zero-order chi connectivity index (χ0) is 17.1. The third kappa shape index (κ3) is 5.93. The molecule has 1 aromatic carbocycles. The zero-order valence-electron chi connectivity index (χ0n) is 15.5. The van der Waals surface area contributed by atoms with E-state index >= 15 is 0 Å². The summed E-state index contributed by atoms with van der Waals surface area (Å²) in [7, 11) is 4.11. The third-order valence-corrected chi connectivity index (χ3v) is 3.39. The van der Waals surface area contributed by atoms with Crippen molar-refractivity contribution in [1.29, 1.82) is 0 Å². The van der Waals surface area contributed by atoms with Gasteiger partial charge in [-0.15, -0.1) is 0 Å². The van der Waals surface area contributed by atoms with Gasteiger partial charge in [-0.2, -0.15) is 0 Å². The van der Waals surface area contributed by atoms with Crippen LogP contribution in [0.1, 0.15) is 46.6 Å². The number of hydrogen-bond donors (Lipinski definition) is 0. The molecule has 0 fully saturated rings. The van der Waals surface area contributed by atoms with E-state index in [-0.39, 0.29) is 0 Å². The summed E-state index contributed by atoms with van der Waals surface area (Å²) in [4.78, 5) is 2.11. The Morgan fingerprint density at radius 3 is 2.00 bits per heavy atom. The van der Waals surface area contributed by atoms with Gasteiger partial charge in [0.15, 0.2) is 0 Å². The zero-order valence-corrected chi connectivity index (χ0v) is 15.5. The van der Waals surface area contributed by atoms with Crippen molar-refractivity contribution in [3.63, 3.8) is 0 Å². The highest BCUT2D eigenvalue weighted by Crippen LogP contribution is 2.28. The fourth-order valence-corrected chi connectivity index (χ4v) is 2.08. The van der Waals surface area contributed by atoms with Gasteiger partial charge in [0.05, 0.1) is 0 Å². The monoisotopic (exact) mass is 299 g/mol. The molecule has 1 heteroatoms. The quantitative estimate of drug-likeness (QED) is 0.629. The topological polar surface area (TPSA) is 3.24 Å². The molecule has 1 atom stereocenters. The van der Waals surface area contributed by atoms with Crippen LogP contribution >= 0.6 is 0 Å². The summed E-state index contributed by atoms with van der Waals surface area (Å²) < 4.78 is 0. The second kappa shape index (κ2) is 10.9. The van der Waals surface area contributed by atoms with Crippen molar-refractivity contribution in [3.05, 3.63) is 60.2 Å². The van der Waals surface area contributed by atoms with Gasteiger partial charge in [-0.05, 0) is 41.2 Å². The molecule has 0 aliphatic heterocycles. The highest BCUT2D eigenvalue weighted by molar-refractivity contribution is 5.81. The highest BCUT2D eigenvalue weighted by Gasteiger charge is 2.08. The van der Waals surface area contributed by atoms with Gasteiger partial charge in [-0.25, -0.2) is 0 Å². The van der Waals surface area contributed by atoms with Crippen LogP contribution in [0.25, 0.3) is 5.57 Å². The molecule has 1 aromatic rings. The Kier molecular flexibility index (Phi) is 10.0. The predicted octanol–water partition coefficient (Wildman–Crippen LogP) is 6.34. The van der Waals surface area contributed by atoms with Crippen molar-refractivity contribution in [2.75, 3.05) is 19.0 Å². The SMILES string of the molecule is C=C(C1=CC[C@@H](C)C=C1)c1ccc(N(C)C)cc1.CC.CC. The lowest BCUT2D eigenvalue weighted by Gasteiger charge is -2.16. The Labute approximate surface area is 138 Å². The molecule has 0 heterocycles. The first-order valence-electron chi connectivity index (χ1n) is 8.43. The molecule has 0 N–H and O–H groups in total. The van der Waals surface area contributed by atoms with Crippen molar-refractivity contribution in [1.82, 2.24) is 0 Å². The average molecular weight is 300 g/mol. The Hall–Kier alpha value is -1.76. The molecular weight excluding hydrogens is 266 g/mol. The van der Waals surface area contributed by atoms with Gasteiger partial charge in [0.2, 0.25) is 0 Å². The summed E-state index contributed by atoms with van der Waals surface area (Å²) in [6.45, 7) is 14.4. The van der Waals surface area contributed by atoms with Gasteiger partial charge in [-0.1, -0.05) is 71.6 Å². The molecule has 122 valence electrons. The largest absolute Gasteiger partial charge is 0.378 e. The van der Waals surface area contributed by atoms with Crippen LogP contribution in [-0.2, 0) is 0 Å². The molecule has 22 heavy (non-hydrogen) atoms. The number of rotatable bonds is 3. The van der Waals surface area contributed by atoms with Crippen molar-refractivity contribution in [3.8, 4) is 0 Å². The fraction of sp³-hybridized carbons (Fsp3) is 0.429. The first-order chi connectivity index (χ1) is 10.6. The van der Waals surface area contributed by atoms with Gasteiger partial charge in [0, 0.05) is 19.8 Å². The molecular formula is C21H33N. The Morgan fingerprint density at radius 1 is 1.05 bits per heavy atom. The van der Waals surface area contributed by atoms with Crippen LogP contribution in [0.3, 0.4) is 0 Å². The second-order valence-electron chi connectivity index (χ2n) is 5.15. The molecule has 0 saturated carbocycles. The molecule has 2 rings (SSSR count). The number of benzene rings is 1. The molecule has 0 radical (unpaired) electrons. The Morgan fingerprint density at radius 2 is 1.59 bits per heavy atom. The van der Waals surface area contributed by atoms with Crippen molar-refractivity contribution >= 4 is 11.3 Å². The van der Waals surface area contributed by atoms with Crippen molar-refractivity contribution in [2.45, 2.75) is 41.0 Å².